The van der Waals surface area contributed by atoms with Crippen molar-refractivity contribution in [3.05, 3.63) is 142 Å². The van der Waals surface area contributed by atoms with Crippen LogP contribution in [0.5, 0.6) is 0 Å². The molecule has 2 aliphatic heterocycles. The van der Waals surface area contributed by atoms with Crippen LogP contribution in [0.2, 0.25) is 23.7 Å². The number of rotatable bonds is 12. The molecule has 5 atom stereocenters. The number of carbonyl (C=O) groups is 2. The van der Waals surface area contributed by atoms with E-state index < -0.39 is 20.0 Å². The standard InChI is InChI=1S/C43H45ClN6O5Si/c1-27-41(56(2,3)54)39(19-20-49-25-37(47-48-49)34(26-51)29-9-5-4-6-10-29)55-43(27)35-22-31(44)15-18-38(35)50(42(43)53)24-28-13-16-32(17-14-28)46-40(52)21-30-23-45-36-12-8-7-11-33(30)36/h4-18,22-23,25,27,34,39,41,45,51,54H,19-21,24,26H2,1-3H3,(H,46,52)/t27-,34?,39+,41-,43+/m0/s1. The van der Waals surface area contributed by atoms with Gasteiger partial charge in [-0.2, -0.15) is 0 Å². The SMILES string of the molecule is C[C@H]1[C@H]([Si](C)(C)O)[C@@H](CCn2cc(C(CO)c3ccccc3)nn2)O[C@]12C(=O)N(Cc1ccc(NC(=O)Cc3c[nH]c4ccccc34)cc1)c1ccc(Cl)cc12. The Morgan fingerprint density at radius 3 is 2.55 bits per heavy atom. The van der Waals surface area contributed by atoms with Gasteiger partial charge >= 0.3 is 0 Å². The highest BCUT2D eigenvalue weighted by atomic mass is 35.5. The maximum atomic E-state index is 14.9. The molecule has 56 heavy (non-hydrogen) atoms. The average molecular weight is 789 g/mol. The minimum Gasteiger partial charge on any atom is -0.432 e. The molecule has 4 heterocycles. The number of anilines is 2. The van der Waals surface area contributed by atoms with Crippen molar-refractivity contribution in [2.45, 2.75) is 69.1 Å². The Balaban J connectivity index is 1.00. The van der Waals surface area contributed by atoms with Gasteiger partial charge in [0.15, 0.2) is 13.9 Å². The zero-order valence-corrected chi connectivity index (χ0v) is 33.3. The van der Waals surface area contributed by atoms with Gasteiger partial charge in [-0.1, -0.05) is 84.4 Å². The summed E-state index contributed by atoms with van der Waals surface area (Å²) in [6.45, 7) is 6.43. The molecule has 1 unspecified atom stereocenters. The Morgan fingerprint density at radius 2 is 1.80 bits per heavy atom. The van der Waals surface area contributed by atoms with E-state index in [1.165, 1.54) is 0 Å². The number of nitrogens with one attached hydrogen (secondary N) is 2. The van der Waals surface area contributed by atoms with Gasteiger partial charge in [-0.3, -0.25) is 14.3 Å². The number of hydrogen-bond acceptors (Lipinski definition) is 7. The largest absolute Gasteiger partial charge is 0.432 e. The highest BCUT2D eigenvalue weighted by molar-refractivity contribution is 6.71. The zero-order chi connectivity index (χ0) is 39.2. The number of para-hydroxylation sites is 1. The summed E-state index contributed by atoms with van der Waals surface area (Å²) in [5.74, 6) is -0.975. The van der Waals surface area contributed by atoms with E-state index in [-0.39, 0.29) is 48.8 Å². The number of hydrogen-bond donors (Lipinski definition) is 4. The summed E-state index contributed by atoms with van der Waals surface area (Å²) in [5.41, 5.74) is 4.87. The van der Waals surface area contributed by atoms with E-state index >= 15 is 0 Å². The second-order valence-electron chi connectivity index (χ2n) is 15.5. The van der Waals surface area contributed by atoms with Crippen LogP contribution in [0.15, 0.2) is 109 Å². The first kappa shape index (κ1) is 37.8. The molecule has 13 heteroatoms. The lowest BCUT2D eigenvalue weighted by atomic mass is 9.82. The number of carbonyl (C=O) groups excluding carboxylic acids is 2. The molecule has 0 bridgehead atoms. The van der Waals surface area contributed by atoms with Gasteiger partial charge in [-0.25, -0.2) is 0 Å². The summed E-state index contributed by atoms with van der Waals surface area (Å²) in [5, 5.41) is 23.4. The molecule has 1 saturated heterocycles. The third kappa shape index (κ3) is 6.96. The molecule has 0 radical (unpaired) electrons. The van der Waals surface area contributed by atoms with Crippen LogP contribution in [0.4, 0.5) is 11.4 Å². The average Bonchev–Trinajstić information content (AvgIpc) is 3.94. The molecule has 288 valence electrons. The van der Waals surface area contributed by atoms with Gasteiger partial charge < -0.3 is 29.8 Å². The van der Waals surface area contributed by atoms with Crippen LogP contribution < -0.4 is 10.2 Å². The normalized spacial score (nSPS) is 21.2. The highest BCUT2D eigenvalue weighted by Crippen LogP contribution is 2.60. The van der Waals surface area contributed by atoms with Crippen LogP contribution in [0.1, 0.15) is 47.2 Å². The first-order chi connectivity index (χ1) is 27.0. The lowest BCUT2D eigenvalue weighted by Crippen LogP contribution is -2.46. The summed E-state index contributed by atoms with van der Waals surface area (Å²) in [6, 6.07) is 30.6. The molecule has 4 N–H and O–H groups in total. The molecule has 0 saturated carbocycles. The van der Waals surface area contributed by atoms with E-state index in [2.05, 4.69) is 20.6 Å². The molecule has 1 spiro atoms. The van der Waals surface area contributed by atoms with E-state index in [0.29, 0.717) is 34.9 Å². The van der Waals surface area contributed by atoms with Gasteiger partial charge in [0.25, 0.3) is 5.91 Å². The zero-order valence-electron chi connectivity index (χ0n) is 31.5. The summed E-state index contributed by atoms with van der Waals surface area (Å²) in [7, 11) is -2.90. The molecule has 0 aliphatic carbocycles. The monoisotopic (exact) mass is 788 g/mol. The van der Waals surface area contributed by atoms with Gasteiger partial charge in [-0.15, -0.1) is 5.10 Å². The van der Waals surface area contributed by atoms with Gasteiger partial charge in [0.1, 0.15) is 0 Å². The number of fused-ring (bicyclic) bond motifs is 3. The van der Waals surface area contributed by atoms with E-state index in [0.717, 1.165) is 33.3 Å². The Morgan fingerprint density at radius 1 is 1.05 bits per heavy atom. The van der Waals surface area contributed by atoms with Crippen molar-refractivity contribution < 1.29 is 24.2 Å². The predicted octanol–water partition coefficient (Wildman–Crippen LogP) is 7.15. The van der Waals surface area contributed by atoms with Gasteiger partial charge in [0.05, 0.1) is 43.0 Å². The Labute approximate surface area is 331 Å². The van der Waals surface area contributed by atoms with E-state index in [4.69, 9.17) is 16.3 Å². The first-order valence-corrected chi connectivity index (χ1v) is 22.4. The molecule has 1 fully saturated rings. The molecule has 8 rings (SSSR count). The van der Waals surface area contributed by atoms with Crippen LogP contribution in [0.25, 0.3) is 10.9 Å². The number of ether oxygens (including phenoxy) is 1. The van der Waals surface area contributed by atoms with Crippen LogP contribution in [-0.2, 0) is 39.4 Å². The summed E-state index contributed by atoms with van der Waals surface area (Å²) in [6.07, 6.45) is 3.99. The second-order valence-corrected chi connectivity index (χ2v) is 19.9. The fourth-order valence-corrected chi connectivity index (χ4v) is 11.7. The van der Waals surface area contributed by atoms with E-state index in [1.807, 2.05) is 123 Å². The summed E-state index contributed by atoms with van der Waals surface area (Å²) >= 11 is 6.61. The topological polar surface area (TPSA) is 146 Å². The number of amides is 2. The number of benzene rings is 4. The Hall–Kier alpha value is -5.11. The predicted molar refractivity (Wildman–Crippen MR) is 219 cm³/mol. The van der Waals surface area contributed by atoms with Crippen molar-refractivity contribution in [3.8, 4) is 0 Å². The van der Waals surface area contributed by atoms with Gasteiger partial charge in [-0.05, 0) is 72.6 Å². The number of aryl methyl sites for hydroxylation is 1. The van der Waals surface area contributed by atoms with Crippen molar-refractivity contribution >= 4 is 54.0 Å². The third-order valence-electron chi connectivity index (χ3n) is 11.5. The highest BCUT2D eigenvalue weighted by Gasteiger charge is 2.66. The van der Waals surface area contributed by atoms with Crippen molar-refractivity contribution in [1.29, 1.82) is 0 Å². The molecule has 2 aliphatic rings. The minimum absolute atomic E-state index is 0.103. The molecule has 2 amide bonds. The van der Waals surface area contributed by atoms with Crippen molar-refractivity contribution in [2.24, 2.45) is 5.92 Å². The molecule has 4 aromatic carbocycles. The van der Waals surface area contributed by atoms with Crippen molar-refractivity contribution in [3.63, 3.8) is 0 Å². The number of halogens is 1. The van der Waals surface area contributed by atoms with Crippen molar-refractivity contribution in [2.75, 3.05) is 16.8 Å². The first-order valence-electron chi connectivity index (χ1n) is 19.0. The number of nitrogens with zero attached hydrogens (tertiary/aromatic N) is 4. The number of aromatic nitrogens is 4. The Kier molecular flexibility index (Phi) is 10.2. The van der Waals surface area contributed by atoms with Crippen LogP contribution in [0, 0.1) is 5.92 Å². The number of aliphatic hydroxyl groups excluding tert-OH is 1. The molecule has 6 aromatic rings. The van der Waals surface area contributed by atoms with Crippen molar-refractivity contribution in [1.82, 2.24) is 20.0 Å². The molecular formula is C43H45ClN6O5Si. The number of H-pyrrole nitrogens is 1. The molecular weight excluding hydrogens is 744 g/mol. The summed E-state index contributed by atoms with van der Waals surface area (Å²) in [4.78, 5) is 44.6. The number of aliphatic hydroxyl groups is 1. The fraction of sp³-hybridized carbons (Fsp3) is 0.302. The minimum atomic E-state index is -2.90. The maximum Gasteiger partial charge on any atom is 0.264 e. The molecule has 2 aromatic heterocycles. The number of aromatic amines is 1. The smallest absolute Gasteiger partial charge is 0.264 e. The molecule has 11 nitrogen and oxygen atoms in total. The van der Waals surface area contributed by atoms with Crippen LogP contribution in [-0.4, -0.2) is 62.7 Å². The van der Waals surface area contributed by atoms with Gasteiger partial charge in [0, 0.05) is 57.6 Å². The summed E-state index contributed by atoms with van der Waals surface area (Å²) < 4.78 is 8.74. The van der Waals surface area contributed by atoms with E-state index in [1.54, 1.807) is 15.6 Å². The Bertz CT molecular complexity index is 2380. The van der Waals surface area contributed by atoms with Crippen LogP contribution >= 0.6 is 11.6 Å². The van der Waals surface area contributed by atoms with Crippen LogP contribution in [0.3, 0.4) is 0 Å². The maximum absolute atomic E-state index is 14.9. The second kappa shape index (κ2) is 15.1. The van der Waals surface area contributed by atoms with E-state index in [9.17, 15) is 19.5 Å². The lowest BCUT2D eigenvalue weighted by Gasteiger charge is -2.32. The fourth-order valence-electron chi connectivity index (χ4n) is 8.91. The third-order valence-corrected chi connectivity index (χ3v) is 14.2. The van der Waals surface area contributed by atoms with Gasteiger partial charge in [0.2, 0.25) is 5.91 Å². The lowest BCUT2D eigenvalue weighted by molar-refractivity contribution is -0.146. The quantitative estimate of drug-likeness (QED) is 0.0964.